The molecule has 6 nitrogen and oxygen atoms in total. The predicted octanol–water partition coefficient (Wildman–Crippen LogP) is 2.89. The van der Waals surface area contributed by atoms with Gasteiger partial charge < -0.3 is 20.1 Å². The third-order valence-electron chi connectivity index (χ3n) is 5.06. The van der Waals surface area contributed by atoms with E-state index in [0.29, 0.717) is 6.54 Å². The molecule has 0 saturated heterocycles. The van der Waals surface area contributed by atoms with Crippen LogP contribution in [0.4, 0.5) is 5.95 Å². The molecule has 0 atom stereocenters. The van der Waals surface area contributed by atoms with Gasteiger partial charge in [-0.3, -0.25) is 0 Å². The maximum atomic E-state index is 5.91. The van der Waals surface area contributed by atoms with Crippen molar-refractivity contribution in [2.24, 2.45) is 5.73 Å². The van der Waals surface area contributed by atoms with Crippen molar-refractivity contribution in [3.8, 4) is 22.8 Å². The van der Waals surface area contributed by atoms with E-state index in [1.165, 1.54) is 11.1 Å². The molecule has 2 aromatic carbocycles. The molecular weight excluding hydrogens is 340 g/mol. The van der Waals surface area contributed by atoms with Gasteiger partial charge in [-0.15, -0.1) is 0 Å². The van der Waals surface area contributed by atoms with E-state index in [-0.39, 0.29) is 6.79 Å². The normalized spacial score (nSPS) is 14.9. The average molecular weight is 360 g/mol. The second-order valence-electron chi connectivity index (χ2n) is 6.76. The zero-order chi connectivity index (χ0) is 18.2. The van der Waals surface area contributed by atoms with Crippen LogP contribution in [0.15, 0.2) is 48.5 Å². The van der Waals surface area contributed by atoms with Crippen molar-refractivity contribution in [3.05, 3.63) is 65.4 Å². The van der Waals surface area contributed by atoms with Gasteiger partial charge in [0.2, 0.25) is 12.7 Å². The smallest absolute Gasteiger partial charge is 0.231 e. The van der Waals surface area contributed by atoms with E-state index >= 15 is 0 Å². The van der Waals surface area contributed by atoms with E-state index in [4.69, 9.17) is 20.2 Å². The number of nitrogens with zero attached hydrogens (tertiary/aromatic N) is 3. The molecule has 27 heavy (non-hydrogen) atoms. The van der Waals surface area contributed by atoms with E-state index in [1.54, 1.807) is 0 Å². The zero-order valence-corrected chi connectivity index (χ0v) is 14.9. The summed E-state index contributed by atoms with van der Waals surface area (Å²) in [7, 11) is 0. The Labute approximate surface area is 157 Å². The Morgan fingerprint density at radius 1 is 0.963 bits per heavy atom. The van der Waals surface area contributed by atoms with E-state index in [9.17, 15) is 0 Å². The van der Waals surface area contributed by atoms with Gasteiger partial charge >= 0.3 is 0 Å². The molecule has 3 aromatic rings. The van der Waals surface area contributed by atoms with Crippen LogP contribution in [-0.4, -0.2) is 23.3 Å². The maximum Gasteiger partial charge on any atom is 0.231 e. The lowest BCUT2D eigenvalue weighted by Crippen LogP contribution is -2.32. The molecule has 0 bridgehead atoms. The van der Waals surface area contributed by atoms with Crippen LogP contribution in [-0.2, 0) is 19.5 Å². The largest absolute Gasteiger partial charge is 0.454 e. The Bertz CT molecular complexity index is 1010. The Morgan fingerprint density at radius 3 is 2.70 bits per heavy atom. The fraction of sp³-hybridized carbons (Fsp3) is 0.238. The summed E-state index contributed by atoms with van der Waals surface area (Å²) >= 11 is 0. The first-order chi connectivity index (χ1) is 13.3. The molecule has 2 N–H and O–H groups in total. The second kappa shape index (κ2) is 6.55. The minimum absolute atomic E-state index is 0.259. The first-order valence-corrected chi connectivity index (χ1v) is 9.10. The molecule has 0 saturated carbocycles. The topological polar surface area (TPSA) is 73.5 Å². The average Bonchev–Trinajstić information content (AvgIpc) is 3.21. The number of aromatic nitrogens is 2. The molecule has 2 aliphatic heterocycles. The van der Waals surface area contributed by atoms with Gasteiger partial charge in [0.25, 0.3) is 0 Å². The van der Waals surface area contributed by atoms with Crippen molar-refractivity contribution in [2.45, 2.75) is 19.5 Å². The third kappa shape index (κ3) is 2.98. The molecule has 6 heteroatoms. The molecule has 0 radical (unpaired) electrons. The summed E-state index contributed by atoms with van der Waals surface area (Å²) in [5, 5.41) is 0. The lowest BCUT2D eigenvalue weighted by molar-refractivity contribution is 0.174. The summed E-state index contributed by atoms with van der Waals surface area (Å²) in [6, 6.07) is 16.4. The van der Waals surface area contributed by atoms with Crippen molar-refractivity contribution in [2.75, 3.05) is 18.2 Å². The summed E-state index contributed by atoms with van der Waals surface area (Å²) in [6.07, 6.45) is 0.992. The van der Waals surface area contributed by atoms with Crippen LogP contribution in [0.25, 0.3) is 11.3 Å². The number of ether oxygens (including phenoxy) is 2. The van der Waals surface area contributed by atoms with E-state index in [2.05, 4.69) is 34.1 Å². The molecule has 136 valence electrons. The Hall–Kier alpha value is -3.12. The number of anilines is 1. The highest BCUT2D eigenvalue weighted by atomic mass is 16.7. The van der Waals surface area contributed by atoms with Crippen LogP contribution in [0, 0.1) is 0 Å². The molecule has 2 aliphatic rings. The van der Waals surface area contributed by atoms with E-state index in [1.807, 2.05) is 24.3 Å². The quantitative estimate of drug-likeness (QED) is 0.774. The molecule has 0 fully saturated rings. The van der Waals surface area contributed by atoms with Crippen molar-refractivity contribution in [1.82, 2.24) is 9.97 Å². The van der Waals surface area contributed by atoms with Crippen LogP contribution >= 0.6 is 0 Å². The van der Waals surface area contributed by atoms with Crippen LogP contribution in [0.1, 0.15) is 16.8 Å². The van der Waals surface area contributed by atoms with Gasteiger partial charge in [0.15, 0.2) is 11.5 Å². The van der Waals surface area contributed by atoms with Crippen molar-refractivity contribution >= 4 is 5.95 Å². The van der Waals surface area contributed by atoms with Gasteiger partial charge in [-0.25, -0.2) is 9.97 Å². The molecule has 1 aromatic heterocycles. The van der Waals surface area contributed by atoms with Crippen LogP contribution < -0.4 is 20.1 Å². The van der Waals surface area contributed by atoms with Gasteiger partial charge in [0.05, 0.1) is 11.4 Å². The summed E-state index contributed by atoms with van der Waals surface area (Å²) in [5.74, 6) is 2.23. The first kappa shape index (κ1) is 16.1. The summed E-state index contributed by atoms with van der Waals surface area (Å²) < 4.78 is 10.9. The number of rotatable bonds is 3. The van der Waals surface area contributed by atoms with Gasteiger partial charge in [-0.2, -0.15) is 0 Å². The number of benzene rings is 2. The molecule has 0 unspecified atom stereocenters. The SMILES string of the molecule is NCc1cc(-c2ccc3c(c2)OCO3)nc(N2CCc3ccccc3C2)n1. The van der Waals surface area contributed by atoms with Gasteiger partial charge in [-0.1, -0.05) is 24.3 Å². The molecule has 5 rings (SSSR count). The van der Waals surface area contributed by atoms with Crippen LogP contribution in [0.5, 0.6) is 11.5 Å². The monoisotopic (exact) mass is 360 g/mol. The third-order valence-corrected chi connectivity index (χ3v) is 5.06. The molecule has 0 spiro atoms. The minimum atomic E-state index is 0.259. The van der Waals surface area contributed by atoms with Gasteiger partial charge in [0, 0.05) is 25.2 Å². The fourth-order valence-electron chi connectivity index (χ4n) is 3.60. The van der Waals surface area contributed by atoms with Crippen LogP contribution in [0.2, 0.25) is 0 Å². The highest BCUT2D eigenvalue weighted by molar-refractivity contribution is 5.66. The van der Waals surface area contributed by atoms with Crippen molar-refractivity contribution in [1.29, 1.82) is 0 Å². The maximum absolute atomic E-state index is 5.91. The summed E-state index contributed by atoms with van der Waals surface area (Å²) in [4.78, 5) is 11.7. The summed E-state index contributed by atoms with van der Waals surface area (Å²) in [5.41, 5.74) is 11.3. The minimum Gasteiger partial charge on any atom is -0.454 e. The number of hydrogen-bond acceptors (Lipinski definition) is 6. The Balaban J connectivity index is 1.52. The lowest BCUT2D eigenvalue weighted by Gasteiger charge is -2.29. The van der Waals surface area contributed by atoms with Crippen LogP contribution in [0.3, 0.4) is 0 Å². The first-order valence-electron chi connectivity index (χ1n) is 9.10. The molecular formula is C21H20N4O2. The molecule has 3 heterocycles. The Kier molecular flexibility index (Phi) is 3.90. The highest BCUT2D eigenvalue weighted by Gasteiger charge is 2.20. The number of nitrogens with two attached hydrogens (primary N) is 1. The van der Waals surface area contributed by atoms with Crippen molar-refractivity contribution < 1.29 is 9.47 Å². The Morgan fingerprint density at radius 2 is 1.81 bits per heavy atom. The van der Waals surface area contributed by atoms with Crippen molar-refractivity contribution in [3.63, 3.8) is 0 Å². The van der Waals surface area contributed by atoms with E-state index in [0.717, 1.165) is 53.9 Å². The summed E-state index contributed by atoms with van der Waals surface area (Å²) in [6.45, 7) is 2.34. The second-order valence-corrected chi connectivity index (χ2v) is 6.76. The number of hydrogen-bond donors (Lipinski definition) is 1. The van der Waals surface area contributed by atoms with Gasteiger partial charge in [-0.05, 0) is 41.8 Å². The zero-order valence-electron chi connectivity index (χ0n) is 14.9. The fourth-order valence-corrected chi connectivity index (χ4v) is 3.60. The van der Waals surface area contributed by atoms with Gasteiger partial charge in [0.1, 0.15) is 0 Å². The van der Waals surface area contributed by atoms with E-state index < -0.39 is 0 Å². The standard InChI is InChI=1S/C21H20N4O2/c22-11-17-10-18(15-5-6-19-20(9-15)27-13-26-19)24-21(23-17)25-8-7-14-3-1-2-4-16(14)12-25/h1-6,9-10H,7-8,11-13,22H2. The molecule has 0 amide bonds. The highest BCUT2D eigenvalue weighted by Crippen LogP contribution is 2.36. The lowest BCUT2D eigenvalue weighted by atomic mass is 10.0. The number of fused-ring (bicyclic) bond motifs is 2. The molecule has 0 aliphatic carbocycles. The predicted molar refractivity (Wildman–Crippen MR) is 103 cm³/mol.